The minimum absolute atomic E-state index is 0.293. The molecule has 0 unspecified atom stereocenters. The molecule has 78 valence electrons. The second-order valence-electron chi connectivity index (χ2n) is 3.18. The summed E-state index contributed by atoms with van der Waals surface area (Å²) in [5.41, 5.74) is 1.94. The van der Waals surface area contributed by atoms with Gasteiger partial charge in [-0.2, -0.15) is 0 Å². The van der Waals surface area contributed by atoms with Crippen molar-refractivity contribution >= 4 is 23.8 Å². The van der Waals surface area contributed by atoms with Gasteiger partial charge in [-0.05, 0) is 23.8 Å². The Labute approximate surface area is 92.3 Å². The summed E-state index contributed by atoms with van der Waals surface area (Å²) < 4.78 is 9.46. The molecule has 0 bridgehead atoms. The number of cyclic esters (lactones) is 2. The molecular weight excluding hydrogens is 216 g/mol. The van der Waals surface area contributed by atoms with Gasteiger partial charge in [0.25, 0.3) is 0 Å². The first kappa shape index (κ1) is 10.1. The summed E-state index contributed by atoms with van der Waals surface area (Å²) in [4.78, 5) is 10.6. The highest BCUT2D eigenvalue weighted by Gasteiger charge is 2.13. The number of ether oxygens (including phenoxy) is 2. The van der Waals surface area contributed by atoms with Crippen LogP contribution in [0.5, 0.6) is 0 Å². The van der Waals surface area contributed by atoms with Gasteiger partial charge in [-0.15, -0.1) is 0 Å². The molecular formula is C11H9ClO3. The van der Waals surface area contributed by atoms with Crippen molar-refractivity contribution in [1.82, 2.24) is 0 Å². The predicted octanol–water partition coefficient (Wildman–Crippen LogP) is 2.89. The van der Waals surface area contributed by atoms with Crippen LogP contribution in [0.1, 0.15) is 5.56 Å². The molecule has 4 heteroatoms. The van der Waals surface area contributed by atoms with Crippen LogP contribution in [0, 0.1) is 0 Å². The highest BCUT2D eigenvalue weighted by Crippen LogP contribution is 2.14. The Hall–Kier alpha value is -1.48. The molecule has 1 saturated heterocycles. The molecule has 15 heavy (non-hydrogen) atoms. The van der Waals surface area contributed by atoms with Gasteiger partial charge in [-0.25, -0.2) is 4.79 Å². The minimum Gasteiger partial charge on any atom is -0.430 e. The normalized spacial score (nSPS) is 15.5. The van der Waals surface area contributed by atoms with Gasteiger partial charge in [0.2, 0.25) is 0 Å². The molecule has 1 aliphatic heterocycles. The molecule has 0 amide bonds. The van der Waals surface area contributed by atoms with Crippen molar-refractivity contribution in [3.05, 3.63) is 40.4 Å². The lowest BCUT2D eigenvalue weighted by atomic mass is 10.1. The maximum Gasteiger partial charge on any atom is 0.508 e. The average Bonchev–Trinajstić information content (AvgIpc) is 2.25. The van der Waals surface area contributed by atoms with Crippen molar-refractivity contribution in [2.45, 2.75) is 0 Å². The van der Waals surface area contributed by atoms with Gasteiger partial charge < -0.3 is 9.47 Å². The molecule has 0 N–H and O–H groups in total. The first-order chi connectivity index (χ1) is 7.24. The Morgan fingerprint density at radius 2 is 1.73 bits per heavy atom. The van der Waals surface area contributed by atoms with Gasteiger partial charge in [0.15, 0.2) is 0 Å². The zero-order chi connectivity index (χ0) is 10.7. The molecule has 1 fully saturated rings. The van der Waals surface area contributed by atoms with E-state index >= 15 is 0 Å². The van der Waals surface area contributed by atoms with Crippen LogP contribution in [-0.4, -0.2) is 19.4 Å². The largest absolute Gasteiger partial charge is 0.508 e. The number of benzene rings is 1. The van der Waals surface area contributed by atoms with Crippen LogP contribution in [0.3, 0.4) is 0 Å². The minimum atomic E-state index is -0.608. The Balaban J connectivity index is 2.09. The lowest BCUT2D eigenvalue weighted by Crippen LogP contribution is -2.19. The number of hydrogen-bond acceptors (Lipinski definition) is 3. The van der Waals surface area contributed by atoms with E-state index in [1.807, 2.05) is 30.3 Å². The molecule has 1 aliphatic rings. The third kappa shape index (κ3) is 2.73. The number of halogens is 1. The van der Waals surface area contributed by atoms with Crippen LogP contribution in [0.25, 0.3) is 6.08 Å². The first-order valence-electron chi connectivity index (χ1n) is 4.48. The molecule has 1 aromatic rings. The highest BCUT2D eigenvalue weighted by molar-refractivity contribution is 6.30. The average molecular weight is 225 g/mol. The summed E-state index contributed by atoms with van der Waals surface area (Å²) in [5.74, 6) is 0. The molecule has 0 atom stereocenters. The maximum absolute atomic E-state index is 10.6. The van der Waals surface area contributed by atoms with Crippen LogP contribution >= 0.6 is 11.6 Å². The summed E-state index contributed by atoms with van der Waals surface area (Å²) in [6.07, 6.45) is 1.31. The summed E-state index contributed by atoms with van der Waals surface area (Å²) in [7, 11) is 0. The number of hydrogen-bond donors (Lipinski definition) is 0. The third-order valence-electron chi connectivity index (χ3n) is 1.99. The van der Waals surface area contributed by atoms with Gasteiger partial charge in [-0.3, -0.25) is 0 Å². The van der Waals surface area contributed by atoms with E-state index in [2.05, 4.69) is 0 Å². The number of carbonyl (C=O) groups is 1. The highest BCUT2D eigenvalue weighted by atomic mass is 35.5. The predicted molar refractivity (Wildman–Crippen MR) is 56.7 cm³/mol. The van der Waals surface area contributed by atoms with Crippen molar-refractivity contribution in [2.75, 3.05) is 13.2 Å². The summed E-state index contributed by atoms with van der Waals surface area (Å²) in [6, 6.07) is 7.41. The fraction of sp³-hybridized carbons (Fsp3) is 0.182. The Kier molecular flexibility index (Phi) is 2.92. The van der Waals surface area contributed by atoms with Crippen molar-refractivity contribution in [3.63, 3.8) is 0 Å². The number of carbonyl (C=O) groups excluding carboxylic acids is 1. The molecule has 2 rings (SSSR count). The van der Waals surface area contributed by atoms with Crippen molar-refractivity contribution in [2.24, 2.45) is 0 Å². The van der Waals surface area contributed by atoms with E-state index in [-0.39, 0.29) is 0 Å². The van der Waals surface area contributed by atoms with Crippen LogP contribution < -0.4 is 0 Å². The van der Waals surface area contributed by atoms with Gasteiger partial charge in [0.1, 0.15) is 13.2 Å². The third-order valence-corrected chi connectivity index (χ3v) is 2.24. The first-order valence-corrected chi connectivity index (χ1v) is 4.86. The molecule has 0 aromatic heterocycles. The Bertz CT molecular complexity index is 383. The van der Waals surface area contributed by atoms with Crippen LogP contribution in [0.15, 0.2) is 29.8 Å². The lowest BCUT2D eigenvalue weighted by molar-refractivity contribution is 0.0443. The SMILES string of the molecule is O=C1OCC(=Cc2ccc(Cl)cc2)CO1. The fourth-order valence-electron chi connectivity index (χ4n) is 1.26. The number of rotatable bonds is 1. The van der Waals surface area contributed by atoms with Gasteiger partial charge >= 0.3 is 6.16 Å². The summed E-state index contributed by atoms with van der Waals surface area (Å²) in [5, 5.41) is 0.698. The van der Waals surface area contributed by atoms with Gasteiger partial charge in [0, 0.05) is 10.6 Å². The van der Waals surface area contributed by atoms with Crippen molar-refractivity contribution in [3.8, 4) is 0 Å². The van der Waals surface area contributed by atoms with Crippen molar-refractivity contribution < 1.29 is 14.3 Å². The quantitative estimate of drug-likeness (QED) is 0.688. The second-order valence-corrected chi connectivity index (χ2v) is 3.62. The zero-order valence-electron chi connectivity index (χ0n) is 7.90. The van der Waals surface area contributed by atoms with E-state index in [9.17, 15) is 4.79 Å². The van der Waals surface area contributed by atoms with Crippen LogP contribution in [0.2, 0.25) is 5.02 Å². The van der Waals surface area contributed by atoms with E-state index < -0.39 is 6.16 Å². The van der Waals surface area contributed by atoms with Gasteiger partial charge in [-0.1, -0.05) is 23.7 Å². The lowest BCUT2D eigenvalue weighted by Gasteiger charge is -2.14. The van der Waals surface area contributed by atoms with Crippen LogP contribution in [0.4, 0.5) is 4.79 Å². The molecule has 0 aliphatic carbocycles. The molecule has 0 spiro atoms. The van der Waals surface area contributed by atoms with E-state index in [1.165, 1.54) is 0 Å². The zero-order valence-corrected chi connectivity index (χ0v) is 8.66. The van der Waals surface area contributed by atoms with E-state index in [0.29, 0.717) is 18.2 Å². The molecule has 0 radical (unpaired) electrons. The fourth-order valence-corrected chi connectivity index (χ4v) is 1.39. The van der Waals surface area contributed by atoms with E-state index in [1.54, 1.807) is 0 Å². The van der Waals surface area contributed by atoms with Crippen molar-refractivity contribution in [1.29, 1.82) is 0 Å². The standard InChI is InChI=1S/C11H9ClO3/c12-10-3-1-8(2-4-10)5-9-6-14-11(13)15-7-9/h1-5H,6-7H2. The summed E-state index contributed by atoms with van der Waals surface area (Å²) in [6.45, 7) is 0.586. The Morgan fingerprint density at radius 3 is 2.33 bits per heavy atom. The van der Waals surface area contributed by atoms with Crippen LogP contribution in [-0.2, 0) is 9.47 Å². The molecule has 1 heterocycles. The molecule has 3 nitrogen and oxygen atoms in total. The second kappa shape index (κ2) is 4.36. The van der Waals surface area contributed by atoms with E-state index in [4.69, 9.17) is 21.1 Å². The smallest absolute Gasteiger partial charge is 0.430 e. The van der Waals surface area contributed by atoms with E-state index in [0.717, 1.165) is 11.1 Å². The Morgan fingerprint density at radius 1 is 1.13 bits per heavy atom. The maximum atomic E-state index is 10.6. The molecule has 1 aromatic carbocycles. The summed E-state index contributed by atoms with van der Waals surface area (Å²) >= 11 is 5.76. The van der Waals surface area contributed by atoms with Gasteiger partial charge in [0.05, 0.1) is 0 Å². The monoisotopic (exact) mass is 224 g/mol. The molecule has 0 saturated carbocycles. The topological polar surface area (TPSA) is 35.5 Å².